The summed E-state index contributed by atoms with van der Waals surface area (Å²) in [4.78, 5) is 5.00. The Morgan fingerprint density at radius 2 is 0.909 bits per heavy atom. The summed E-state index contributed by atoms with van der Waals surface area (Å²) in [6.45, 7) is 23.3. The number of para-hydroxylation sites is 2. The maximum Gasteiger partial charge on any atom is 0.195 e. The zero-order valence-electron chi connectivity index (χ0n) is 28.4. The van der Waals surface area contributed by atoms with Crippen molar-refractivity contribution in [2.45, 2.75) is 98.3 Å². The zero-order valence-corrected chi connectivity index (χ0v) is 28.4. The van der Waals surface area contributed by atoms with Crippen molar-refractivity contribution in [1.82, 2.24) is 0 Å². The van der Waals surface area contributed by atoms with Gasteiger partial charge in [-0.15, -0.1) is 0 Å². The molecule has 0 atom stereocenters. The Labute approximate surface area is 266 Å². The lowest BCUT2D eigenvalue weighted by molar-refractivity contribution is 0.660. The highest BCUT2D eigenvalue weighted by atomic mass is 15.4. The van der Waals surface area contributed by atoms with Crippen molar-refractivity contribution in [2.75, 3.05) is 9.80 Å². The minimum absolute atomic E-state index is 0.0213. The fourth-order valence-corrected chi connectivity index (χ4v) is 7.47. The van der Waals surface area contributed by atoms with Gasteiger partial charge in [0.05, 0.1) is 11.4 Å². The molecule has 0 unspecified atom stereocenters. The first-order valence-electron chi connectivity index (χ1n) is 16.6. The van der Waals surface area contributed by atoms with Crippen LogP contribution in [0.25, 0.3) is 11.1 Å². The standard InChI is InChI=1S/C42H49N2/c1-26(2)31-16-13-17-32(27(3)4)39(31)43-23-24-44(40-33(28(5)6)18-14-19-34(40)29(7)8)41(43)30-21-22-38-36(25-30)35-15-11-12-20-37(35)42(38,9)10/h11-29H,1-10H3. The molecule has 0 bridgehead atoms. The predicted molar refractivity (Wildman–Crippen MR) is 190 cm³/mol. The molecule has 2 aliphatic rings. The molecule has 4 aromatic carbocycles. The highest BCUT2D eigenvalue weighted by Gasteiger charge is 2.40. The summed E-state index contributed by atoms with van der Waals surface area (Å²) in [5.41, 5.74) is 14.9. The van der Waals surface area contributed by atoms with Gasteiger partial charge in [-0.3, -0.25) is 0 Å². The van der Waals surface area contributed by atoms with E-state index in [-0.39, 0.29) is 5.41 Å². The summed E-state index contributed by atoms with van der Waals surface area (Å²) in [6.07, 6.45) is 5.84. The molecular weight excluding hydrogens is 532 g/mol. The van der Waals surface area contributed by atoms with Gasteiger partial charge in [-0.25, -0.2) is 0 Å². The van der Waals surface area contributed by atoms with Gasteiger partial charge in [0.1, 0.15) is 0 Å². The van der Waals surface area contributed by atoms with Gasteiger partial charge in [0.2, 0.25) is 0 Å². The normalized spacial score (nSPS) is 15.8. The smallest absolute Gasteiger partial charge is 0.195 e. The first-order valence-corrected chi connectivity index (χ1v) is 16.6. The first-order chi connectivity index (χ1) is 20.9. The van der Waals surface area contributed by atoms with E-state index in [1.165, 1.54) is 67.6 Å². The third-order valence-corrected chi connectivity index (χ3v) is 9.83. The van der Waals surface area contributed by atoms with E-state index in [1.54, 1.807) is 0 Å². The second-order valence-corrected chi connectivity index (χ2v) is 14.5. The lowest BCUT2D eigenvalue weighted by atomic mass is 9.82. The number of hydrogen-bond donors (Lipinski definition) is 0. The molecule has 1 radical (unpaired) electrons. The van der Waals surface area contributed by atoms with Crippen LogP contribution in [0.5, 0.6) is 0 Å². The summed E-state index contributed by atoms with van der Waals surface area (Å²) >= 11 is 0. The van der Waals surface area contributed by atoms with Crippen molar-refractivity contribution < 1.29 is 0 Å². The second kappa shape index (κ2) is 11.3. The number of benzene rings is 4. The predicted octanol–water partition coefficient (Wildman–Crippen LogP) is 11.8. The number of anilines is 2. The molecule has 4 aromatic rings. The molecule has 0 N–H and O–H groups in total. The van der Waals surface area contributed by atoms with Crippen LogP contribution in [0.2, 0.25) is 0 Å². The quantitative estimate of drug-likeness (QED) is 0.214. The van der Waals surface area contributed by atoms with E-state index < -0.39 is 0 Å². The third kappa shape index (κ3) is 4.78. The van der Waals surface area contributed by atoms with Crippen LogP contribution in [0.3, 0.4) is 0 Å². The summed E-state index contributed by atoms with van der Waals surface area (Å²) in [5, 5.41) is 0. The fraction of sp³-hybridized carbons (Fsp3) is 0.357. The number of nitrogens with zero attached hydrogens (tertiary/aromatic N) is 2. The molecular formula is C42H49N2. The molecule has 0 fully saturated rings. The van der Waals surface area contributed by atoms with Crippen molar-refractivity contribution in [3.8, 4) is 11.1 Å². The summed E-state index contributed by atoms with van der Waals surface area (Å²) < 4.78 is 0. The average molecular weight is 582 g/mol. The van der Waals surface area contributed by atoms with Crippen LogP contribution >= 0.6 is 0 Å². The Kier molecular flexibility index (Phi) is 7.77. The van der Waals surface area contributed by atoms with Gasteiger partial charge in [-0.2, -0.15) is 0 Å². The fourth-order valence-electron chi connectivity index (χ4n) is 7.47. The van der Waals surface area contributed by atoms with Crippen LogP contribution < -0.4 is 9.80 Å². The Morgan fingerprint density at radius 3 is 1.36 bits per heavy atom. The number of hydrogen-bond acceptors (Lipinski definition) is 2. The van der Waals surface area contributed by atoms with Gasteiger partial charge < -0.3 is 9.80 Å². The van der Waals surface area contributed by atoms with Gasteiger partial charge >= 0.3 is 0 Å². The summed E-state index contributed by atoms with van der Waals surface area (Å²) in [5.74, 6) is 1.59. The molecule has 0 saturated carbocycles. The van der Waals surface area contributed by atoms with Gasteiger partial charge in [-0.05, 0) is 74.2 Å². The Bertz CT molecular complexity index is 1590. The molecule has 0 amide bonds. The average Bonchev–Trinajstić information content (AvgIpc) is 3.53. The highest BCUT2D eigenvalue weighted by Crippen LogP contribution is 2.52. The largest absolute Gasteiger partial charge is 0.314 e. The number of fused-ring (bicyclic) bond motifs is 3. The van der Waals surface area contributed by atoms with E-state index >= 15 is 0 Å². The van der Waals surface area contributed by atoms with Gasteiger partial charge in [0, 0.05) is 23.4 Å². The minimum Gasteiger partial charge on any atom is -0.314 e. The third-order valence-electron chi connectivity index (χ3n) is 9.83. The van der Waals surface area contributed by atoms with E-state index in [4.69, 9.17) is 0 Å². The maximum atomic E-state index is 2.50. The van der Waals surface area contributed by atoms with Gasteiger partial charge in [0.25, 0.3) is 0 Å². The molecule has 2 nitrogen and oxygen atoms in total. The van der Waals surface area contributed by atoms with Crippen LogP contribution in [0.15, 0.2) is 91.3 Å². The lowest BCUT2D eigenvalue weighted by Gasteiger charge is -2.37. The van der Waals surface area contributed by atoms with Crippen molar-refractivity contribution in [3.63, 3.8) is 0 Å². The van der Waals surface area contributed by atoms with E-state index in [0.717, 1.165) is 0 Å². The monoisotopic (exact) mass is 581 g/mol. The van der Waals surface area contributed by atoms with Crippen molar-refractivity contribution in [1.29, 1.82) is 0 Å². The molecule has 1 aliphatic heterocycles. The maximum absolute atomic E-state index is 2.50. The Hall–Kier alpha value is -3.78. The van der Waals surface area contributed by atoms with Crippen LogP contribution in [0, 0.1) is 6.17 Å². The van der Waals surface area contributed by atoms with E-state index in [0.29, 0.717) is 23.7 Å². The molecule has 1 aliphatic carbocycles. The molecule has 0 saturated heterocycles. The first kappa shape index (κ1) is 30.3. The van der Waals surface area contributed by atoms with E-state index in [2.05, 4.69) is 170 Å². The van der Waals surface area contributed by atoms with Crippen LogP contribution in [-0.2, 0) is 5.41 Å². The van der Waals surface area contributed by atoms with Crippen molar-refractivity contribution in [2.24, 2.45) is 0 Å². The molecule has 0 aromatic heterocycles. The topological polar surface area (TPSA) is 6.48 Å². The molecule has 2 heteroatoms. The molecule has 44 heavy (non-hydrogen) atoms. The van der Waals surface area contributed by atoms with Crippen molar-refractivity contribution >= 4 is 11.4 Å². The van der Waals surface area contributed by atoms with Crippen molar-refractivity contribution in [3.05, 3.63) is 136 Å². The van der Waals surface area contributed by atoms with Crippen LogP contribution in [0.1, 0.15) is 132 Å². The Balaban J connectivity index is 1.63. The Morgan fingerprint density at radius 1 is 0.477 bits per heavy atom. The van der Waals surface area contributed by atoms with Gasteiger partial charge in [0.15, 0.2) is 6.17 Å². The van der Waals surface area contributed by atoms with Crippen LogP contribution in [-0.4, -0.2) is 0 Å². The molecule has 0 spiro atoms. The summed E-state index contributed by atoms with van der Waals surface area (Å²) in [6, 6.07) is 30.0. The van der Waals surface area contributed by atoms with Crippen LogP contribution in [0.4, 0.5) is 11.4 Å². The minimum atomic E-state index is -0.0213. The van der Waals surface area contributed by atoms with E-state index in [1.807, 2.05) is 0 Å². The lowest BCUT2D eigenvalue weighted by Crippen LogP contribution is -2.34. The highest BCUT2D eigenvalue weighted by molar-refractivity contribution is 5.84. The molecule has 1 heterocycles. The van der Waals surface area contributed by atoms with Gasteiger partial charge in [-0.1, -0.05) is 142 Å². The van der Waals surface area contributed by atoms with E-state index in [9.17, 15) is 0 Å². The molecule has 227 valence electrons. The second-order valence-electron chi connectivity index (χ2n) is 14.5. The zero-order chi connectivity index (χ0) is 31.5. The summed E-state index contributed by atoms with van der Waals surface area (Å²) in [7, 11) is 0. The molecule has 6 rings (SSSR count). The number of rotatable bonds is 7. The SMILES string of the molecule is CC(C)c1cccc(C(C)C)c1N1C=CN(c2c(C(C)C)cccc2C(C)C)[C]1c1ccc2c(c1)-c1ccccc1C2(C)C.